The van der Waals surface area contributed by atoms with Crippen molar-refractivity contribution in [2.45, 2.75) is 6.92 Å². The van der Waals surface area contributed by atoms with Gasteiger partial charge in [0.1, 0.15) is 5.69 Å². The van der Waals surface area contributed by atoms with E-state index in [1.165, 1.54) is 12.3 Å². The van der Waals surface area contributed by atoms with Gasteiger partial charge in [-0.1, -0.05) is 46.9 Å². The lowest BCUT2D eigenvalue weighted by atomic mass is 10.2. The highest BCUT2D eigenvalue weighted by Crippen LogP contribution is 2.31. The van der Waals surface area contributed by atoms with Crippen molar-refractivity contribution in [3.63, 3.8) is 0 Å². The number of rotatable bonds is 1. The summed E-state index contributed by atoms with van der Waals surface area (Å²) in [5.74, 6) is -0.990. The van der Waals surface area contributed by atoms with Gasteiger partial charge in [-0.3, -0.25) is 0 Å². The molecule has 0 saturated heterocycles. The lowest BCUT2D eigenvalue weighted by Gasteiger charge is -2.00. The van der Waals surface area contributed by atoms with Crippen molar-refractivity contribution in [1.29, 1.82) is 0 Å². The van der Waals surface area contributed by atoms with Gasteiger partial charge in [0.2, 0.25) is 0 Å². The Bertz CT molecular complexity index is 547. The molecule has 0 spiro atoms. The quantitative estimate of drug-likeness (QED) is 0.773. The Labute approximate surface area is 125 Å². The Morgan fingerprint density at radius 3 is 2.21 bits per heavy atom. The Hall–Kier alpha value is -1.29. The third-order valence-electron chi connectivity index (χ3n) is 2.11. The van der Waals surface area contributed by atoms with E-state index >= 15 is 0 Å². The van der Waals surface area contributed by atoms with E-state index in [2.05, 4.69) is 4.98 Å². The summed E-state index contributed by atoms with van der Waals surface area (Å²) >= 11 is 17.2. The summed E-state index contributed by atoms with van der Waals surface area (Å²) in [6, 6.07) is 8.31. The third kappa shape index (κ3) is 4.71. The van der Waals surface area contributed by atoms with E-state index in [4.69, 9.17) is 39.9 Å². The normalized spacial score (nSPS) is 9.47. The molecule has 6 heteroatoms. The molecule has 3 nitrogen and oxygen atoms in total. The number of carbonyl (C=O) groups is 1. The van der Waals surface area contributed by atoms with Crippen molar-refractivity contribution in [3.8, 4) is 0 Å². The first kappa shape index (κ1) is 15.8. The molecule has 19 heavy (non-hydrogen) atoms. The number of aryl methyl sites for hydroxylation is 1. The molecule has 0 radical (unpaired) electrons. The lowest BCUT2D eigenvalue weighted by molar-refractivity contribution is 0.0690. The lowest BCUT2D eigenvalue weighted by Crippen LogP contribution is -1.97. The standard InChI is InChI=1S/C7H5Cl3.C6H5NO2/c1-4-2-3-5(8)7(10)6(4)9;8-6(9)5-3-1-2-4-7-5/h2-3H,1H3;1-4H,(H,8,9). The molecule has 0 fully saturated rings. The van der Waals surface area contributed by atoms with E-state index in [0.29, 0.717) is 15.1 Å². The number of hydrogen-bond acceptors (Lipinski definition) is 2. The van der Waals surface area contributed by atoms with Gasteiger partial charge in [0, 0.05) is 6.20 Å². The zero-order valence-electron chi connectivity index (χ0n) is 9.90. The van der Waals surface area contributed by atoms with Crippen molar-refractivity contribution in [3.05, 3.63) is 62.9 Å². The summed E-state index contributed by atoms with van der Waals surface area (Å²) in [5, 5.41) is 9.79. The highest BCUT2D eigenvalue weighted by Gasteiger charge is 2.03. The van der Waals surface area contributed by atoms with E-state index in [0.717, 1.165) is 5.56 Å². The van der Waals surface area contributed by atoms with Gasteiger partial charge < -0.3 is 5.11 Å². The van der Waals surface area contributed by atoms with Gasteiger partial charge in [-0.15, -0.1) is 0 Å². The first-order valence-electron chi connectivity index (χ1n) is 5.18. The second-order valence-corrected chi connectivity index (χ2v) is 4.68. The SMILES string of the molecule is Cc1ccc(Cl)c(Cl)c1Cl.O=C(O)c1ccccn1. The summed E-state index contributed by atoms with van der Waals surface area (Å²) < 4.78 is 0. The van der Waals surface area contributed by atoms with E-state index in [1.807, 2.05) is 13.0 Å². The van der Waals surface area contributed by atoms with Crippen molar-refractivity contribution in [1.82, 2.24) is 4.98 Å². The van der Waals surface area contributed by atoms with Crippen LogP contribution in [0.3, 0.4) is 0 Å². The minimum Gasteiger partial charge on any atom is -0.477 e. The van der Waals surface area contributed by atoms with E-state index in [9.17, 15) is 4.79 Å². The average molecular weight is 319 g/mol. The van der Waals surface area contributed by atoms with E-state index in [1.54, 1.807) is 18.2 Å². The van der Waals surface area contributed by atoms with E-state index in [-0.39, 0.29) is 5.69 Å². The summed E-state index contributed by atoms with van der Waals surface area (Å²) in [7, 11) is 0. The molecule has 0 aliphatic rings. The highest BCUT2D eigenvalue weighted by molar-refractivity contribution is 6.48. The van der Waals surface area contributed by atoms with Crippen LogP contribution in [0.5, 0.6) is 0 Å². The Morgan fingerprint density at radius 1 is 1.11 bits per heavy atom. The monoisotopic (exact) mass is 317 g/mol. The average Bonchev–Trinajstić information content (AvgIpc) is 2.42. The molecule has 0 unspecified atom stereocenters. The van der Waals surface area contributed by atoms with Gasteiger partial charge in [-0.05, 0) is 30.7 Å². The maximum absolute atomic E-state index is 10.1. The summed E-state index contributed by atoms with van der Waals surface area (Å²) in [6.07, 6.45) is 1.45. The highest BCUT2D eigenvalue weighted by atomic mass is 35.5. The molecule has 2 rings (SSSR count). The molecule has 0 saturated carbocycles. The van der Waals surface area contributed by atoms with Crippen molar-refractivity contribution >= 4 is 40.8 Å². The zero-order chi connectivity index (χ0) is 14.4. The van der Waals surface area contributed by atoms with Crippen LogP contribution in [0.15, 0.2) is 36.5 Å². The molecule has 0 atom stereocenters. The van der Waals surface area contributed by atoms with E-state index < -0.39 is 5.97 Å². The van der Waals surface area contributed by atoms with Crippen LogP contribution in [0, 0.1) is 6.92 Å². The van der Waals surface area contributed by atoms with Gasteiger partial charge in [0.25, 0.3) is 0 Å². The molecule has 100 valence electrons. The van der Waals surface area contributed by atoms with Crippen LogP contribution in [-0.4, -0.2) is 16.1 Å². The van der Waals surface area contributed by atoms with Crippen molar-refractivity contribution in [2.75, 3.05) is 0 Å². The molecule has 1 heterocycles. The van der Waals surface area contributed by atoms with Gasteiger partial charge in [0.15, 0.2) is 0 Å². The Morgan fingerprint density at radius 2 is 1.79 bits per heavy atom. The predicted octanol–water partition coefficient (Wildman–Crippen LogP) is 4.74. The van der Waals surface area contributed by atoms with Gasteiger partial charge >= 0.3 is 5.97 Å². The predicted molar refractivity (Wildman–Crippen MR) is 77.4 cm³/mol. The molecule has 1 aromatic heterocycles. The Kier molecular flexibility index (Phi) is 6.09. The summed E-state index contributed by atoms with van der Waals surface area (Å²) in [4.78, 5) is 13.7. The molecular weight excluding hydrogens is 309 g/mol. The first-order chi connectivity index (χ1) is 8.93. The number of carboxylic acids is 1. The number of pyridine rings is 1. The summed E-state index contributed by atoms with van der Waals surface area (Å²) in [5.41, 5.74) is 1.02. The van der Waals surface area contributed by atoms with Gasteiger partial charge in [-0.25, -0.2) is 9.78 Å². The molecule has 0 bridgehead atoms. The number of aromatic nitrogens is 1. The molecule has 0 aliphatic carbocycles. The first-order valence-corrected chi connectivity index (χ1v) is 6.31. The minimum atomic E-state index is -0.990. The fourth-order valence-corrected chi connectivity index (χ4v) is 1.69. The number of benzene rings is 1. The number of carboxylic acid groups (broad SMARTS) is 1. The second-order valence-electron chi connectivity index (χ2n) is 3.51. The minimum absolute atomic E-state index is 0.0810. The Balaban J connectivity index is 0.000000191. The number of halogens is 3. The number of aromatic carboxylic acids is 1. The van der Waals surface area contributed by atoms with Crippen molar-refractivity contribution in [2.24, 2.45) is 0 Å². The van der Waals surface area contributed by atoms with Gasteiger partial charge in [-0.2, -0.15) is 0 Å². The van der Waals surface area contributed by atoms with Crippen LogP contribution in [0.4, 0.5) is 0 Å². The maximum Gasteiger partial charge on any atom is 0.354 e. The summed E-state index contributed by atoms with van der Waals surface area (Å²) in [6.45, 7) is 1.88. The molecule has 0 aliphatic heterocycles. The molecule has 2 aromatic rings. The molecule has 1 aromatic carbocycles. The van der Waals surface area contributed by atoms with Crippen LogP contribution in [0.1, 0.15) is 16.1 Å². The number of nitrogens with zero attached hydrogens (tertiary/aromatic N) is 1. The van der Waals surface area contributed by atoms with Crippen LogP contribution in [0.25, 0.3) is 0 Å². The van der Waals surface area contributed by atoms with Crippen LogP contribution < -0.4 is 0 Å². The fraction of sp³-hybridized carbons (Fsp3) is 0.0769. The third-order valence-corrected chi connectivity index (χ3v) is 3.50. The fourth-order valence-electron chi connectivity index (χ4n) is 1.11. The van der Waals surface area contributed by atoms with Crippen LogP contribution in [-0.2, 0) is 0 Å². The van der Waals surface area contributed by atoms with Gasteiger partial charge in [0.05, 0.1) is 15.1 Å². The van der Waals surface area contributed by atoms with Crippen molar-refractivity contribution < 1.29 is 9.90 Å². The maximum atomic E-state index is 10.1. The van der Waals surface area contributed by atoms with Crippen LogP contribution >= 0.6 is 34.8 Å². The molecule has 1 N–H and O–H groups in total. The largest absolute Gasteiger partial charge is 0.477 e. The smallest absolute Gasteiger partial charge is 0.354 e. The number of hydrogen-bond donors (Lipinski definition) is 1. The topological polar surface area (TPSA) is 50.2 Å². The van der Waals surface area contributed by atoms with Crippen LogP contribution in [0.2, 0.25) is 15.1 Å². The second kappa shape index (κ2) is 7.34. The molecule has 0 amide bonds. The zero-order valence-corrected chi connectivity index (χ0v) is 12.2. The molecular formula is C13H10Cl3NO2.